The number of aromatic nitrogens is 1. The van der Waals surface area contributed by atoms with Crippen molar-refractivity contribution < 1.29 is 14.2 Å². The fourth-order valence-corrected chi connectivity index (χ4v) is 1.89. The van der Waals surface area contributed by atoms with Gasteiger partial charge in [-0.1, -0.05) is 6.92 Å². The Morgan fingerprint density at radius 3 is 2.55 bits per heavy atom. The summed E-state index contributed by atoms with van der Waals surface area (Å²) in [5.74, 6) is -0.649. The molecule has 1 aromatic rings. The second-order valence-corrected chi connectivity index (χ2v) is 7.48. The zero-order valence-corrected chi connectivity index (χ0v) is 13.2. The maximum atomic E-state index is 12.0. The summed E-state index contributed by atoms with van der Waals surface area (Å²) >= 11 is -1.43. The highest BCUT2D eigenvalue weighted by molar-refractivity contribution is 7.90. The SMILES string of the molecule is CCC(Cc1ccncc1)C(=O)ON[S+]([O-])C(C)(C)C. The lowest BCUT2D eigenvalue weighted by atomic mass is 9.98. The standard InChI is InChI=1S/C14H22N2O3S/c1-5-12(10-11-6-8-15-9-7-11)13(17)19-16-20(18)14(2,3)4/h6-9,12,16H,5,10H2,1-4H3. The van der Waals surface area contributed by atoms with E-state index in [0.29, 0.717) is 12.8 Å². The van der Waals surface area contributed by atoms with Crippen LogP contribution in [0.3, 0.4) is 0 Å². The highest BCUT2D eigenvalue weighted by Crippen LogP contribution is 2.15. The monoisotopic (exact) mass is 298 g/mol. The van der Waals surface area contributed by atoms with Gasteiger partial charge in [0.15, 0.2) is 0 Å². The Bertz CT molecular complexity index is 420. The molecule has 0 aliphatic heterocycles. The van der Waals surface area contributed by atoms with Crippen LogP contribution in [0.2, 0.25) is 0 Å². The number of carbonyl (C=O) groups is 1. The molecule has 0 fully saturated rings. The summed E-state index contributed by atoms with van der Waals surface area (Å²) < 4.78 is 11.3. The molecular formula is C14H22N2O3S. The smallest absolute Gasteiger partial charge is 0.333 e. The summed E-state index contributed by atoms with van der Waals surface area (Å²) in [6.07, 6.45) is 4.63. The third-order valence-electron chi connectivity index (χ3n) is 2.83. The zero-order valence-electron chi connectivity index (χ0n) is 12.4. The van der Waals surface area contributed by atoms with Crippen LogP contribution in [0.4, 0.5) is 0 Å². The largest absolute Gasteiger partial charge is 0.595 e. The molecule has 0 aliphatic carbocycles. The number of nitrogens with zero attached hydrogens (tertiary/aromatic N) is 1. The highest BCUT2D eigenvalue weighted by Gasteiger charge is 2.29. The first-order chi connectivity index (χ1) is 9.34. The molecule has 0 amide bonds. The van der Waals surface area contributed by atoms with Crippen molar-refractivity contribution >= 4 is 17.3 Å². The van der Waals surface area contributed by atoms with E-state index in [1.807, 2.05) is 19.1 Å². The molecule has 2 unspecified atom stereocenters. The zero-order chi connectivity index (χ0) is 15.2. The van der Waals surface area contributed by atoms with Gasteiger partial charge in [0.05, 0.1) is 17.3 Å². The first kappa shape index (κ1) is 16.9. The fourth-order valence-electron chi connectivity index (χ4n) is 1.48. The van der Waals surface area contributed by atoms with E-state index < -0.39 is 16.1 Å². The molecule has 2 atom stereocenters. The van der Waals surface area contributed by atoms with Crippen molar-refractivity contribution in [2.45, 2.75) is 45.3 Å². The van der Waals surface area contributed by atoms with Crippen molar-refractivity contribution in [2.24, 2.45) is 5.92 Å². The summed E-state index contributed by atoms with van der Waals surface area (Å²) in [5, 5.41) is 0. The number of hydrogen-bond acceptors (Lipinski definition) is 5. The van der Waals surface area contributed by atoms with Crippen LogP contribution in [0.25, 0.3) is 0 Å². The van der Waals surface area contributed by atoms with Crippen molar-refractivity contribution in [2.75, 3.05) is 0 Å². The van der Waals surface area contributed by atoms with Gasteiger partial charge in [-0.25, -0.2) is 4.79 Å². The molecule has 1 aromatic heterocycles. The molecule has 112 valence electrons. The van der Waals surface area contributed by atoms with Crippen LogP contribution < -0.4 is 4.89 Å². The van der Waals surface area contributed by atoms with Crippen molar-refractivity contribution in [3.63, 3.8) is 0 Å². The number of carbonyl (C=O) groups excluding carboxylic acids is 1. The number of hydrogen-bond donors (Lipinski definition) is 1. The van der Waals surface area contributed by atoms with E-state index in [1.165, 1.54) is 0 Å². The lowest BCUT2D eigenvalue weighted by Gasteiger charge is -2.23. The molecule has 0 saturated heterocycles. The normalized spacial score (nSPS) is 14.7. The van der Waals surface area contributed by atoms with Gasteiger partial charge in [-0.15, -0.1) is 0 Å². The molecule has 0 spiro atoms. The van der Waals surface area contributed by atoms with Crippen LogP contribution in [0, 0.1) is 5.92 Å². The van der Waals surface area contributed by atoms with E-state index in [1.54, 1.807) is 33.2 Å². The van der Waals surface area contributed by atoms with Gasteiger partial charge >= 0.3 is 5.97 Å². The number of rotatable bonds is 6. The second-order valence-electron chi connectivity index (χ2n) is 5.55. The maximum absolute atomic E-state index is 12.0. The Hall–Kier alpha value is -1.11. The summed E-state index contributed by atoms with van der Waals surface area (Å²) in [6, 6.07) is 3.74. The van der Waals surface area contributed by atoms with Gasteiger partial charge in [-0.05, 0) is 51.3 Å². The number of nitrogens with one attached hydrogen (secondary N) is 1. The molecule has 0 bridgehead atoms. The van der Waals surface area contributed by atoms with Crippen LogP contribution in [0.15, 0.2) is 24.5 Å². The van der Waals surface area contributed by atoms with Crippen LogP contribution in [-0.2, 0) is 27.4 Å². The highest BCUT2D eigenvalue weighted by atomic mass is 32.2. The fraction of sp³-hybridized carbons (Fsp3) is 0.571. The summed E-state index contributed by atoms with van der Waals surface area (Å²) in [7, 11) is 0. The van der Waals surface area contributed by atoms with Gasteiger partial charge in [0.1, 0.15) is 4.75 Å². The Morgan fingerprint density at radius 1 is 1.45 bits per heavy atom. The Labute approximate surface area is 123 Å². The molecule has 1 heterocycles. The number of pyridine rings is 1. The minimum Gasteiger partial charge on any atom is -0.595 e. The minimum atomic E-state index is -1.43. The van der Waals surface area contributed by atoms with E-state index in [9.17, 15) is 9.35 Å². The van der Waals surface area contributed by atoms with Gasteiger partial charge in [0, 0.05) is 17.3 Å². The Morgan fingerprint density at radius 2 is 2.05 bits per heavy atom. The van der Waals surface area contributed by atoms with E-state index in [0.717, 1.165) is 5.56 Å². The topological polar surface area (TPSA) is 74.3 Å². The van der Waals surface area contributed by atoms with Gasteiger partial charge in [-0.3, -0.25) is 4.98 Å². The summed E-state index contributed by atoms with van der Waals surface area (Å²) in [5.41, 5.74) is 1.03. The third-order valence-corrected chi connectivity index (χ3v) is 4.18. The molecule has 0 aliphatic rings. The molecule has 0 aromatic carbocycles. The van der Waals surface area contributed by atoms with Crippen LogP contribution in [0.1, 0.15) is 39.7 Å². The maximum Gasteiger partial charge on any atom is 0.333 e. The lowest BCUT2D eigenvalue weighted by Crippen LogP contribution is -2.41. The van der Waals surface area contributed by atoms with Gasteiger partial charge in [-0.2, -0.15) is 0 Å². The first-order valence-electron chi connectivity index (χ1n) is 6.61. The molecular weight excluding hydrogens is 276 g/mol. The van der Waals surface area contributed by atoms with Crippen molar-refractivity contribution in [1.29, 1.82) is 0 Å². The van der Waals surface area contributed by atoms with Crippen molar-refractivity contribution in [3.05, 3.63) is 30.1 Å². The third kappa shape index (κ3) is 5.48. The second kappa shape index (κ2) is 7.61. The van der Waals surface area contributed by atoms with E-state index >= 15 is 0 Å². The minimum absolute atomic E-state index is 0.262. The lowest BCUT2D eigenvalue weighted by molar-refractivity contribution is -0.152. The quantitative estimate of drug-likeness (QED) is 0.643. The molecule has 1 N–H and O–H groups in total. The predicted molar refractivity (Wildman–Crippen MR) is 78.8 cm³/mol. The van der Waals surface area contributed by atoms with Crippen molar-refractivity contribution in [3.8, 4) is 0 Å². The average Bonchev–Trinajstić information content (AvgIpc) is 2.41. The predicted octanol–water partition coefficient (Wildman–Crippen LogP) is 2.16. The van der Waals surface area contributed by atoms with E-state index in [2.05, 4.69) is 9.87 Å². The Balaban J connectivity index is 2.51. The summed E-state index contributed by atoms with van der Waals surface area (Å²) in [6.45, 7) is 7.34. The molecule has 0 saturated carbocycles. The van der Waals surface area contributed by atoms with Crippen molar-refractivity contribution in [1.82, 2.24) is 9.87 Å². The van der Waals surface area contributed by atoms with Gasteiger partial charge in [0.2, 0.25) is 0 Å². The van der Waals surface area contributed by atoms with Crippen LogP contribution in [0.5, 0.6) is 0 Å². The van der Waals surface area contributed by atoms with Gasteiger partial charge < -0.3 is 9.39 Å². The van der Waals surface area contributed by atoms with Crippen LogP contribution >= 0.6 is 0 Å². The first-order valence-corrected chi connectivity index (χ1v) is 7.76. The molecule has 6 heteroatoms. The molecule has 1 rings (SSSR count). The molecule has 20 heavy (non-hydrogen) atoms. The van der Waals surface area contributed by atoms with E-state index in [4.69, 9.17) is 4.84 Å². The van der Waals surface area contributed by atoms with Gasteiger partial charge in [0.25, 0.3) is 0 Å². The summed E-state index contributed by atoms with van der Waals surface area (Å²) in [4.78, 5) is 23.2. The van der Waals surface area contributed by atoms with E-state index in [-0.39, 0.29) is 11.9 Å². The molecule has 5 nitrogen and oxygen atoms in total. The average molecular weight is 298 g/mol. The van der Waals surface area contributed by atoms with Crippen LogP contribution in [-0.4, -0.2) is 20.3 Å². The Kier molecular flexibility index (Phi) is 6.45. The molecule has 0 radical (unpaired) electrons.